The lowest BCUT2D eigenvalue weighted by atomic mass is 9.71. The number of nitrogens with zero attached hydrogens (tertiary/aromatic N) is 2. The number of aliphatic hydroxyl groups is 1. The first kappa shape index (κ1) is 11.8. The predicted octanol–water partition coefficient (Wildman–Crippen LogP) is 1.80. The molecule has 1 saturated carbocycles. The molecule has 0 spiro atoms. The molecule has 3 rings (SSSR count). The van der Waals surface area contributed by atoms with Crippen molar-refractivity contribution in [2.24, 2.45) is 5.92 Å². The quantitative estimate of drug-likeness (QED) is 0.794. The molecule has 2 atom stereocenters. The summed E-state index contributed by atoms with van der Waals surface area (Å²) in [5.74, 6) is 1.34. The highest BCUT2D eigenvalue weighted by Gasteiger charge is 2.42. The van der Waals surface area contributed by atoms with E-state index in [0.29, 0.717) is 5.92 Å². The Morgan fingerprint density at radius 1 is 1.39 bits per heavy atom. The third kappa shape index (κ3) is 2.05. The maximum atomic E-state index is 10.6. The Morgan fingerprint density at radius 2 is 2.28 bits per heavy atom. The zero-order chi connectivity index (χ0) is 12.6. The van der Waals surface area contributed by atoms with Crippen molar-refractivity contribution >= 4 is 11.5 Å². The molecule has 1 aromatic rings. The number of nitrogen functional groups attached to an aromatic ring is 1. The summed E-state index contributed by atoms with van der Waals surface area (Å²) in [6.07, 6.45) is 7.13. The largest absolute Gasteiger partial charge is 0.399 e. The summed E-state index contributed by atoms with van der Waals surface area (Å²) in [7, 11) is 0. The van der Waals surface area contributed by atoms with Crippen molar-refractivity contribution in [1.29, 1.82) is 0 Å². The number of pyridine rings is 1. The van der Waals surface area contributed by atoms with E-state index in [1.807, 2.05) is 12.1 Å². The molecule has 0 radical (unpaired) electrons. The van der Waals surface area contributed by atoms with Crippen LogP contribution >= 0.6 is 0 Å². The van der Waals surface area contributed by atoms with Gasteiger partial charge in [0.1, 0.15) is 5.82 Å². The Morgan fingerprint density at radius 3 is 3.11 bits per heavy atom. The second-order valence-corrected chi connectivity index (χ2v) is 5.69. The van der Waals surface area contributed by atoms with Crippen molar-refractivity contribution in [2.45, 2.75) is 37.7 Å². The highest BCUT2D eigenvalue weighted by molar-refractivity contribution is 5.50. The second-order valence-electron chi connectivity index (χ2n) is 5.69. The molecule has 2 aliphatic rings. The van der Waals surface area contributed by atoms with Gasteiger partial charge in [-0.1, -0.05) is 12.8 Å². The van der Waals surface area contributed by atoms with Crippen LogP contribution in [-0.2, 0) is 0 Å². The van der Waals surface area contributed by atoms with Crippen LogP contribution in [0.4, 0.5) is 11.5 Å². The minimum absolute atomic E-state index is 0.392. The number of fused-ring (bicyclic) bond motifs is 1. The Labute approximate surface area is 108 Å². The summed E-state index contributed by atoms with van der Waals surface area (Å²) >= 11 is 0. The molecule has 1 saturated heterocycles. The molecule has 1 aliphatic carbocycles. The molecular weight excluding hydrogens is 226 g/mol. The van der Waals surface area contributed by atoms with Crippen LogP contribution in [0.2, 0.25) is 0 Å². The van der Waals surface area contributed by atoms with Gasteiger partial charge in [0.2, 0.25) is 0 Å². The third-order valence-electron chi connectivity index (χ3n) is 4.52. The number of aromatic nitrogens is 1. The van der Waals surface area contributed by atoms with E-state index in [1.165, 1.54) is 12.8 Å². The first-order chi connectivity index (χ1) is 8.67. The fourth-order valence-corrected chi connectivity index (χ4v) is 3.39. The van der Waals surface area contributed by atoms with Gasteiger partial charge >= 0.3 is 0 Å². The molecule has 4 nitrogen and oxygen atoms in total. The minimum atomic E-state index is -0.422. The maximum absolute atomic E-state index is 10.6. The fourth-order valence-electron chi connectivity index (χ4n) is 3.39. The maximum Gasteiger partial charge on any atom is 0.130 e. The highest BCUT2D eigenvalue weighted by atomic mass is 16.3. The smallest absolute Gasteiger partial charge is 0.130 e. The van der Waals surface area contributed by atoms with Crippen LogP contribution in [0.1, 0.15) is 32.1 Å². The van der Waals surface area contributed by atoms with Gasteiger partial charge in [-0.15, -0.1) is 0 Å². The molecule has 98 valence electrons. The number of anilines is 2. The number of hydrogen-bond acceptors (Lipinski definition) is 4. The fraction of sp³-hybridized carbons (Fsp3) is 0.643. The summed E-state index contributed by atoms with van der Waals surface area (Å²) < 4.78 is 0. The Kier molecular flexibility index (Phi) is 2.90. The van der Waals surface area contributed by atoms with Crippen molar-refractivity contribution in [1.82, 2.24) is 4.98 Å². The van der Waals surface area contributed by atoms with Gasteiger partial charge in [0.15, 0.2) is 0 Å². The van der Waals surface area contributed by atoms with E-state index in [9.17, 15) is 5.11 Å². The van der Waals surface area contributed by atoms with Crippen molar-refractivity contribution in [3.8, 4) is 0 Å². The van der Waals surface area contributed by atoms with Crippen LogP contribution in [0, 0.1) is 5.92 Å². The molecule has 2 fully saturated rings. The molecule has 2 heterocycles. The van der Waals surface area contributed by atoms with Crippen LogP contribution in [0.5, 0.6) is 0 Å². The highest BCUT2D eigenvalue weighted by Crippen LogP contribution is 2.40. The molecule has 0 bridgehead atoms. The van der Waals surface area contributed by atoms with Gasteiger partial charge in [-0.25, -0.2) is 4.98 Å². The SMILES string of the molecule is Nc1ccnc(N2CCC3(O)CCCCC3C2)c1. The first-order valence-corrected chi connectivity index (χ1v) is 6.86. The number of piperidine rings is 1. The third-order valence-corrected chi connectivity index (χ3v) is 4.52. The number of rotatable bonds is 1. The van der Waals surface area contributed by atoms with E-state index in [4.69, 9.17) is 5.73 Å². The van der Waals surface area contributed by atoms with Crippen molar-refractivity contribution < 1.29 is 5.11 Å². The molecule has 4 heteroatoms. The van der Waals surface area contributed by atoms with Crippen LogP contribution in [0.3, 0.4) is 0 Å². The van der Waals surface area contributed by atoms with E-state index in [0.717, 1.165) is 43.9 Å². The first-order valence-electron chi connectivity index (χ1n) is 6.86. The molecule has 0 aromatic carbocycles. The van der Waals surface area contributed by atoms with Crippen LogP contribution < -0.4 is 10.6 Å². The summed E-state index contributed by atoms with van der Waals surface area (Å²) in [5.41, 5.74) is 6.14. The molecule has 0 amide bonds. The van der Waals surface area contributed by atoms with Gasteiger partial charge < -0.3 is 15.7 Å². The Hall–Kier alpha value is -1.29. The lowest BCUT2D eigenvalue weighted by molar-refractivity contribution is -0.0613. The lowest BCUT2D eigenvalue weighted by Crippen LogP contribution is -2.53. The van der Waals surface area contributed by atoms with Crippen LogP contribution in [0.25, 0.3) is 0 Å². The van der Waals surface area contributed by atoms with E-state index < -0.39 is 5.60 Å². The van der Waals surface area contributed by atoms with E-state index >= 15 is 0 Å². The molecule has 2 unspecified atom stereocenters. The van der Waals surface area contributed by atoms with Gasteiger partial charge in [0, 0.05) is 37.0 Å². The van der Waals surface area contributed by atoms with Crippen molar-refractivity contribution in [2.75, 3.05) is 23.7 Å². The van der Waals surface area contributed by atoms with Gasteiger partial charge in [-0.2, -0.15) is 0 Å². The minimum Gasteiger partial charge on any atom is -0.399 e. The van der Waals surface area contributed by atoms with Gasteiger partial charge in [0.05, 0.1) is 5.60 Å². The van der Waals surface area contributed by atoms with E-state index in [-0.39, 0.29) is 0 Å². The normalized spacial score (nSPS) is 32.1. The molecule has 1 aliphatic heterocycles. The Bertz CT molecular complexity index is 437. The molecule has 1 aromatic heterocycles. The summed E-state index contributed by atoms with van der Waals surface area (Å²) in [5, 5.41) is 10.6. The molecule has 18 heavy (non-hydrogen) atoms. The Balaban J connectivity index is 1.77. The van der Waals surface area contributed by atoms with Crippen LogP contribution in [-0.4, -0.2) is 28.8 Å². The predicted molar refractivity (Wildman–Crippen MR) is 72.4 cm³/mol. The van der Waals surface area contributed by atoms with Crippen molar-refractivity contribution in [3.05, 3.63) is 18.3 Å². The summed E-state index contributed by atoms with van der Waals surface area (Å²) in [6, 6.07) is 3.73. The van der Waals surface area contributed by atoms with Gasteiger partial charge in [-0.05, 0) is 25.3 Å². The van der Waals surface area contributed by atoms with Crippen molar-refractivity contribution in [3.63, 3.8) is 0 Å². The van der Waals surface area contributed by atoms with Crippen LogP contribution in [0.15, 0.2) is 18.3 Å². The van der Waals surface area contributed by atoms with E-state index in [2.05, 4.69) is 9.88 Å². The lowest BCUT2D eigenvalue weighted by Gasteiger charge is -2.47. The number of hydrogen-bond donors (Lipinski definition) is 2. The molecule has 3 N–H and O–H groups in total. The second kappa shape index (κ2) is 4.43. The monoisotopic (exact) mass is 247 g/mol. The zero-order valence-electron chi connectivity index (χ0n) is 10.7. The standard InChI is InChI=1S/C14H21N3O/c15-12-4-7-16-13(9-12)17-8-6-14(18)5-2-1-3-11(14)10-17/h4,7,9,11,18H,1-3,5-6,8,10H2,(H2,15,16). The van der Waals surface area contributed by atoms with E-state index in [1.54, 1.807) is 6.20 Å². The average Bonchev–Trinajstić information content (AvgIpc) is 2.37. The van der Waals surface area contributed by atoms with Gasteiger partial charge in [0.25, 0.3) is 0 Å². The zero-order valence-corrected chi connectivity index (χ0v) is 10.7. The summed E-state index contributed by atoms with van der Waals surface area (Å²) in [6.45, 7) is 1.79. The average molecular weight is 247 g/mol. The number of nitrogens with two attached hydrogens (primary N) is 1. The molecular formula is C14H21N3O. The topological polar surface area (TPSA) is 62.4 Å². The summed E-state index contributed by atoms with van der Waals surface area (Å²) in [4.78, 5) is 6.65. The van der Waals surface area contributed by atoms with Gasteiger partial charge in [-0.3, -0.25) is 0 Å².